The molecule has 0 saturated heterocycles. The number of halogens is 3. The second-order valence-corrected chi connectivity index (χ2v) is 7.22. The van der Waals surface area contributed by atoms with E-state index in [-0.39, 0.29) is 17.2 Å². The van der Waals surface area contributed by atoms with Gasteiger partial charge < -0.3 is 4.57 Å². The lowest BCUT2D eigenvalue weighted by Crippen LogP contribution is -2.01. The van der Waals surface area contributed by atoms with Crippen LogP contribution in [0.3, 0.4) is 0 Å². The highest BCUT2D eigenvalue weighted by Gasteiger charge is 2.17. The molecule has 0 fully saturated rings. The van der Waals surface area contributed by atoms with Gasteiger partial charge in [0.1, 0.15) is 11.5 Å². The van der Waals surface area contributed by atoms with Gasteiger partial charge in [0.25, 0.3) is 0 Å². The smallest absolute Gasteiger partial charge is 0.169 e. The summed E-state index contributed by atoms with van der Waals surface area (Å²) in [7, 11) is 0. The van der Waals surface area contributed by atoms with Gasteiger partial charge in [0, 0.05) is 24.5 Å². The van der Waals surface area contributed by atoms with Crippen molar-refractivity contribution in [2.75, 3.05) is 0 Å². The molecule has 2 aliphatic heterocycles. The van der Waals surface area contributed by atoms with E-state index in [0.717, 1.165) is 17.2 Å². The van der Waals surface area contributed by atoms with E-state index in [1.807, 2.05) is 41.0 Å². The Bertz CT molecular complexity index is 1350. The van der Waals surface area contributed by atoms with Crippen LogP contribution in [0, 0.1) is 17.5 Å². The summed E-state index contributed by atoms with van der Waals surface area (Å²) in [4.78, 5) is 8.65. The largest absolute Gasteiger partial charge is 0.348 e. The molecule has 3 nitrogen and oxygen atoms in total. The number of imidazole rings is 1. The molecule has 152 valence electrons. The molecular weight excluding hydrogens is 399 g/mol. The van der Waals surface area contributed by atoms with Crippen LogP contribution in [0.4, 0.5) is 13.2 Å². The summed E-state index contributed by atoms with van der Waals surface area (Å²) < 4.78 is 44.1. The van der Waals surface area contributed by atoms with Crippen molar-refractivity contribution in [1.82, 2.24) is 14.5 Å². The van der Waals surface area contributed by atoms with Crippen molar-refractivity contribution in [3.05, 3.63) is 108 Å². The number of hydrogen-bond donors (Lipinski definition) is 0. The Balaban J connectivity index is 1.43. The summed E-state index contributed by atoms with van der Waals surface area (Å²) in [6.45, 7) is 0.429. The third kappa shape index (κ3) is 3.68. The first-order chi connectivity index (χ1) is 15.1. The van der Waals surface area contributed by atoms with Gasteiger partial charge >= 0.3 is 0 Å². The molecule has 2 heterocycles. The fourth-order valence-electron chi connectivity index (χ4n) is 3.57. The molecule has 0 aliphatic carbocycles. The second kappa shape index (κ2) is 7.72. The number of aromatic nitrogens is 3. The Kier molecular flexibility index (Phi) is 4.75. The summed E-state index contributed by atoms with van der Waals surface area (Å²) in [5.41, 5.74) is 3.29. The van der Waals surface area contributed by atoms with Crippen molar-refractivity contribution in [3.63, 3.8) is 0 Å². The number of hydrogen-bond acceptors (Lipinski definition) is 2. The lowest BCUT2D eigenvalue weighted by molar-refractivity contribution is 0.510. The van der Waals surface area contributed by atoms with Gasteiger partial charge in [-0.05, 0) is 35.4 Å². The van der Waals surface area contributed by atoms with Crippen molar-refractivity contribution in [2.45, 2.75) is 6.54 Å². The lowest BCUT2D eigenvalue weighted by Gasteiger charge is -2.10. The van der Waals surface area contributed by atoms with Crippen molar-refractivity contribution < 1.29 is 13.2 Å². The fourth-order valence-corrected chi connectivity index (χ4v) is 3.57. The molecular formula is C25H16F3N3. The van der Waals surface area contributed by atoms with Crippen molar-refractivity contribution in [3.8, 4) is 33.9 Å². The average Bonchev–Trinajstić information content (AvgIpc) is 3.19. The van der Waals surface area contributed by atoms with Crippen LogP contribution in [-0.2, 0) is 6.54 Å². The Hall–Kier alpha value is -3.93. The molecule has 0 radical (unpaired) electrons. The van der Waals surface area contributed by atoms with E-state index in [4.69, 9.17) is 0 Å². The van der Waals surface area contributed by atoms with Crippen molar-refractivity contribution in [2.24, 2.45) is 0 Å². The third-order valence-electron chi connectivity index (χ3n) is 5.10. The Morgan fingerprint density at radius 3 is 2.32 bits per heavy atom. The standard InChI is InChI=1S/C25H16F3N3/c26-20-8-4-7-19(24(20)28)25-29-22-11-12-31(15-23(22)30-25)14-16-9-10-18(21(27)13-16)17-5-2-1-3-6-17/h1-13,15H,14H2. The van der Waals surface area contributed by atoms with Gasteiger partial charge in [-0.2, -0.15) is 0 Å². The van der Waals surface area contributed by atoms with Gasteiger partial charge in [0.2, 0.25) is 0 Å². The van der Waals surface area contributed by atoms with Gasteiger partial charge in [0.15, 0.2) is 17.5 Å². The predicted octanol–water partition coefficient (Wildman–Crippen LogP) is 6.18. The van der Waals surface area contributed by atoms with E-state index in [0.29, 0.717) is 23.5 Å². The second-order valence-electron chi connectivity index (χ2n) is 7.22. The zero-order chi connectivity index (χ0) is 21.4. The molecule has 0 N–H and O–H groups in total. The minimum atomic E-state index is -0.973. The Morgan fingerprint density at radius 2 is 1.52 bits per heavy atom. The molecule has 0 unspecified atom stereocenters. The van der Waals surface area contributed by atoms with Crippen LogP contribution in [-0.4, -0.2) is 14.5 Å². The van der Waals surface area contributed by atoms with Crippen LogP contribution >= 0.6 is 0 Å². The summed E-state index contributed by atoms with van der Waals surface area (Å²) >= 11 is 0. The SMILES string of the molecule is Fc1cc(Cn2ccc3nc(-c4cccc(F)c4F)nc-3c2)ccc1-c1ccccc1. The third-order valence-corrected chi connectivity index (χ3v) is 5.10. The van der Waals surface area contributed by atoms with Crippen LogP contribution < -0.4 is 0 Å². The Morgan fingerprint density at radius 1 is 0.710 bits per heavy atom. The van der Waals surface area contributed by atoms with E-state index in [1.54, 1.807) is 24.5 Å². The average molecular weight is 415 g/mol. The molecule has 2 aliphatic rings. The molecule has 31 heavy (non-hydrogen) atoms. The first-order valence-corrected chi connectivity index (χ1v) is 9.70. The number of fused-ring (bicyclic) bond motifs is 1. The number of nitrogens with zero attached hydrogens (tertiary/aromatic N) is 3. The highest BCUT2D eigenvalue weighted by molar-refractivity contribution is 5.66. The summed E-state index contributed by atoms with van der Waals surface area (Å²) in [5.74, 6) is -2.08. The summed E-state index contributed by atoms with van der Waals surface area (Å²) in [6.07, 6.45) is 3.55. The van der Waals surface area contributed by atoms with Gasteiger partial charge in [0.05, 0.1) is 11.3 Å². The minimum absolute atomic E-state index is 0.0151. The maximum Gasteiger partial charge on any atom is 0.169 e. The highest BCUT2D eigenvalue weighted by atomic mass is 19.2. The van der Waals surface area contributed by atoms with Crippen LogP contribution in [0.1, 0.15) is 5.56 Å². The van der Waals surface area contributed by atoms with Crippen LogP contribution in [0.5, 0.6) is 0 Å². The van der Waals surface area contributed by atoms with Crippen LogP contribution in [0.2, 0.25) is 0 Å². The first kappa shape index (κ1) is 19.1. The minimum Gasteiger partial charge on any atom is -0.348 e. The van der Waals surface area contributed by atoms with Crippen LogP contribution in [0.15, 0.2) is 85.2 Å². The van der Waals surface area contributed by atoms with Crippen LogP contribution in [0.25, 0.3) is 33.9 Å². The summed E-state index contributed by atoms with van der Waals surface area (Å²) in [6, 6.07) is 20.2. The normalized spacial score (nSPS) is 11.2. The van der Waals surface area contributed by atoms with Gasteiger partial charge in [-0.25, -0.2) is 23.1 Å². The molecule has 6 heteroatoms. The maximum atomic E-state index is 14.7. The fraction of sp³-hybridized carbons (Fsp3) is 0.0400. The highest BCUT2D eigenvalue weighted by Crippen LogP contribution is 2.28. The lowest BCUT2D eigenvalue weighted by atomic mass is 10.0. The molecule has 0 aromatic heterocycles. The molecule has 3 aromatic carbocycles. The van der Waals surface area contributed by atoms with Gasteiger partial charge in [-0.3, -0.25) is 0 Å². The summed E-state index contributed by atoms with van der Waals surface area (Å²) in [5, 5.41) is 0. The first-order valence-electron chi connectivity index (χ1n) is 9.70. The molecule has 0 saturated carbocycles. The topological polar surface area (TPSA) is 30.7 Å². The molecule has 0 amide bonds. The zero-order valence-corrected chi connectivity index (χ0v) is 16.3. The number of benzene rings is 3. The molecule has 0 bridgehead atoms. The molecule has 5 rings (SSSR count). The van der Waals surface area contributed by atoms with Gasteiger partial charge in [-0.1, -0.05) is 48.5 Å². The van der Waals surface area contributed by atoms with E-state index >= 15 is 0 Å². The molecule has 0 spiro atoms. The van der Waals surface area contributed by atoms with Crippen molar-refractivity contribution in [1.29, 1.82) is 0 Å². The van der Waals surface area contributed by atoms with E-state index in [1.165, 1.54) is 18.2 Å². The monoisotopic (exact) mass is 415 g/mol. The predicted molar refractivity (Wildman–Crippen MR) is 113 cm³/mol. The number of pyridine rings is 1. The maximum absolute atomic E-state index is 14.7. The van der Waals surface area contributed by atoms with Crippen molar-refractivity contribution >= 4 is 0 Å². The zero-order valence-electron chi connectivity index (χ0n) is 16.3. The van der Waals surface area contributed by atoms with E-state index in [2.05, 4.69) is 9.97 Å². The molecule has 0 atom stereocenters. The quantitative estimate of drug-likeness (QED) is 0.351. The Labute approximate surface area is 176 Å². The van der Waals surface area contributed by atoms with E-state index in [9.17, 15) is 13.2 Å². The number of rotatable bonds is 4. The molecule has 3 aromatic rings. The van der Waals surface area contributed by atoms with Gasteiger partial charge in [-0.15, -0.1) is 0 Å². The van der Waals surface area contributed by atoms with E-state index < -0.39 is 11.6 Å².